The van der Waals surface area contributed by atoms with Gasteiger partial charge in [-0.15, -0.1) is 0 Å². The first-order chi connectivity index (χ1) is 6.56. The fourth-order valence-electron chi connectivity index (χ4n) is 0.832. The highest BCUT2D eigenvalue weighted by Gasteiger charge is 2.19. The molecule has 0 saturated heterocycles. The number of thiocarbonyl (C=S) groups is 1. The van der Waals surface area contributed by atoms with E-state index in [0.29, 0.717) is 6.42 Å². The summed E-state index contributed by atoms with van der Waals surface area (Å²) in [5.74, 6) is -0.389. The fraction of sp³-hybridized carbons (Fsp3) is 0.750. The summed E-state index contributed by atoms with van der Waals surface area (Å²) >= 11 is 4.88. The molecule has 0 unspecified atom stereocenters. The Balaban J connectivity index is 4.18. The minimum absolute atomic E-state index is 0.247. The van der Waals surface area contributed by atoms with Gasteiger partial charge >= 0.3 is 5.97 Å². The molecule has 2 atom stereocenters. The lowest BCUT2D eigenvalue weighted by Crippen LogP contribution is -2.48. The number of hydrogen-bond donors (Lipinski definition) is 3. The number of methoxy groups -OCH3 is 1. The zero-order valence-electron chi connectivity index (χ0n) is 8.32. The lowest BCUT2D eigenvalue weighted by molar-refractivity contribution is -0.142. The summed E-state index contributed by atoms with van der Waals surface area (Å²) in [7, 11) is 1.31. The predicted molar refractivity (Wildman–Crippen MR) is 56.9 cm³/mol. The van der Waals surface area contributed by atoms with Gasteiger partial charge in [0.25, 0.3) is 0 Å². The number of carbonyl (C=O) groups is 1. The van der Waals surface area contributed by atoms with Crippen molar-refractivity contribution in [2.45, 2.75) is 25.4 Å². The third-order valence-electron chi connectivity index (χ3n) is 1.74. The number of esters is 1. The van der Waals surface area contributed by atoms with E-state index in [-0.39, 0.29) is 17.6 Å². The van der Waals surface area contributed by atoms with Crippen LogP contribution in [0.2, 0.25) is 0 Å². The van der Waals surface area contributed by atoms with Crippen LogP contribution in [0.25, 0.3) is 0 Å². The van der Waals surface area contributed by atoms with Crippen molar-refractivity contribution < 1.29 is 14.6 Å². The van der Waals surface area contributed by atoms with Gasteiger partial charge in [-0.2, -0.15) is 0 Å². The van der Waals surface area contributed by atoms with Crippen LogP contribution in [0.15, 0.2) is 0 Å². The lowest BCUT2D eigenvalue weighted by atomic mass is 10.2. The molecule has 6 heteroatoms. The molecule has 0 aromatic rings. The average Bonchev–Trinajstić information content (AvgIpc) is 2.22. The minimum Gasteiger partial charge on any atom is -0.467 e. The van der Waals surface area contributed by atoms with Crippen LogP contribution in [-0.2, 0) is 9.53 Å². The summed E-state index contributed by atoms with van der Waals surface area (Å²) in [6, 6.07) is -1.13. The van der Waals surface area contributed by atoms with Gasteiger partial charge in [0, 0.05) is 0 Å². The molecule has 0 amide bonds. The molecule has 0 spiro atoms. The Labute approximate surface area is 88.6 Å². The molecule has 0 saturated carbocycles. The molecule has 0 aliphatic heterocycles. The zero-order chi connectivity index (χ0) is 11.1. The smallest absolute Gasteiger partial charge is 0.328 e. The van der Waals surface area contributed by atoms with Gasteiger partial charge in [-0.3, -0.25) is 0 Å². The van der Waals surface area contributed by atoms with Crippen molar-refractivity contribution in [2.75, 3.05) is 13.7 Å². The van der Waals surface area contributed by atoms with Crippen LogP contribution in [0.4, 0.5) is 0 Å². The van der Waals surface area contributed by atoms with Gasteiger partial charge in [0.15, 0.2) is 0 Å². The number of nitrogens with one attached hydrogen (secondary N) is 1. The maximum Gasteiger partial charge on any atom is 0.328 e. The first-order valence-electron chi connectivity index (χ1n) is 4.31. The third kappa shape index (κ3) is 3.99. The van der Waals surface area contributed by atoms with Crippen molar-refractivity contribution in [2.24, 2.45) is 5.73 Å². The van der Waals surface area contributed by atoms with Crippen molar-refractivity contribution >= 4 is 23.2 Å². The van der Waals surface area contributed by atoms with E-state index < -0.39 is 12.1 Å². The molecule has 0 aromatic heterocycles. The highest BCUT2D eigenvalue weighted by molar-refractivity contribution is 7.80. The van der Waals surface area contributed by atoms with Crippen molar-refractivity contribution in [3.05, 3.63) is 0 Å². The highest BCUT2D eigenvalue weighted by Crippen LogP contribution is 1.95. The molecular formula is C8H16N2O3S. The van der Waals surface area contributed by atoms with Crippen LogP contribution in [0.3, 0.4) is 0 Å². The Bertz CT molecular complexity index is 211. The molecule has 14 heavy (non-hydrogen) atoms. The third-order valence-corrected chi connectivity index (χ3v) is 2.16. The van der Waals surface area contributed by atoms with E-state index in [2.05, 4.69) is 10.1 Å². The summed E-state index contributed by atoms with van der Waals surface area (Å²) < 4.78 is 4.55. The van der Waals surface area contributed by atoms with Crippen molar-refractivity contribution in [1.82, 2.24) is 5.32 Å². The van der Waals surface area contributed by atoms with E-state index in [1.54, 1.807) is 0 Å². The number of carbonyl (C=O) groups excluding carboxylic acids is 1. The Morgan fingerprint density at radius 3 is 2.64 bits per heavy atom. The molecule has 4 N–H and O–H groups in total. The van der Waals surface area contributed by atoms with E-state index >= 15 is 0 Å². The molecule has 0 bridgehead atoms. The van der Waals surface area contributed by atoms with E-state index in [0.717, 1.165) is 0 Å². The van der Waals surface area contributed by atoms with Gasteiger partial charge in [0.2, 0.25) is 0 Å². The first-order valence-corrected chi connectivity index (χ1v) is 4.72. The molecule has 0 aromatic carbocycles. The second-order valence-electron chi connectivity index (χ2n) is 2.78. The first kappa shape index (κ1) is 13.3. The van der Waals surface area contributed by atoms with E-state index in [4.69, 9.17) is 23.1 Å². The van der Waals surface area contributed by atoms with Gasteiger partial charge in [-0.1, -0.05) is 19.1 Å². The maximum absolute atomic E-state index is 11.1. The Hall–Kier alpha value is -0.720. The van der Waals surface area contributed by atoms with Crippen molar-refractivity contribution in [3.8, 4) is 0 Å². The Kier molecular flexibility index (Phi) is 6.35. The largest absolute Gasteiger partial charge is 0.467 e. The van der Waals surface area contributed by atoms with Crippen molar-refractivity contribution in [1.29, 1.82) is 0 Å². The molecule has 0 aliphatic carbocycles. The number of aliphatic hydroxyl groups excluding tert-OH is 1. The van der Waals surface area contributed by atoms with E-state index in [1.807, 2.05) is 6.92 Å². The van der Waals surface area contributed by atoms with Gasteiger partial charge in [-0.05, 0) is 6.42 Å². The number of rotatable bonds is 5. The molecule has 5 nitrogen and oxygen atoms in total. The van der Waals surface area contributed by atoms with Crippen LogP contribution >= 0.6 is 12.2 Å². The second kappa shape index (κ2) is 6.69. The molecular weight excluding hydrogens is 204 g/mol. The van der Waals surface area contributed by atoms with Gasteiger partial charge < -0.3 is 20.9 Å². The molecule has 0 heterocycles. The average molecular weight is 220 g/mol. The molecule has 0 rings (SSSR count). The quantitative estimate of drug-likeness (QED) is 0.414. The van der Waals surface area contributed by atoms with Gasteiger partial charge in [-0.25, -0.2) is 4.79 Å². The van der Waals surface area contributed by atoms with Gasteiger partial charge in [0.1, 0.15) is 6.04 Å². The summed E-state index contributed by atoms with van der Waals surface area (Å²) in [6.07, 6.45) is 0.547. The number of nitrogens with two attached hydrogens (primary N) is 1. The van der Waals surface area contributed by atoms with E-state index in [1.165, 1.54) is 7.11 Å². The Morgan fingerprint density at radius 1 is 1.71 bits per heavy atom. The molecule has 0 fully saturated rings. The predicted octanol–water partition coefficient (Wildman–Crippen LogP) is -0.825. The molecule has 82 valence electrons. The van der Waals surface area contributed by atoms with Crippen LogP contribution in [0.5, 0.6) is 0 Å². The molecule has 0 aliphatic rings. The molecule has 0 radical (unpaired) electrons. The summed E-state index contributed by atoms with van der Waals surface area (Å²) in [6.45, 7) is 1.57. The van der Waals surface area contributed by atoms with Crippen LogP contribution in [-0.4, -0.2) is 41.9 Å². The zero-order valence-corrected chi connectivity index (χ0v) is 9.13. The van der Waals surface area contributed by atoms with Crippen molar-refractivity contribution in [3.63, 3.8) is 0 Å². The summed E-state index contributed by atoms with van der Waals surface area (Å²) in [5.41, 5.74) is 5.46. The van der Waals surface area contributed by atoms with Crippen LogP contribution in [0, 0.1) is 0 Å². The monoisotopic (exact) mass is 220 g/mol. The number of aliphatic hydroxyl groups is 1. The van der Waals surface area contributed by atoms with Crippen LogP contribution < -0.4 is 11.1 Å². The summed E-state index contributed by atoms with van der Waals surface area (Å²) in [4.78, 5) is 11.4. The maximum atomic E-state index is 11.1. The minimum atomic E-state index is -0.635. The lowest BCUT2D eigenvalue weighted by Gasteiger charge is -2.18. The van der Waals surface area contributed by atoms with Crippen LogP contribution in [0.1, 0.15) is 13.3 Å². The van der Waals surface area contributed by atoms with E-state index in [9.17, 15) is 4.79 Å². The number of ether oxygens (including phenoxy) is 1. The summed E-state index contributed by atoms with van der Waals surface area (Å²) in [5, 5.41) is 11.5. The van der Waals surface area contributed by atoms with Gasteiger partial charge in [0.05, 0.1) is 24.7 Å². The SMILES string of the molecule is CC[C@@H](NC(=S)[C@@H](N)CO)C(=O)OC. The second-order valence-corrected chi connectivity index (χ2v) is 3.22. The fourth-order valence-corrected chi connectivity index (χ4v) is 1.05. The number of hydrogen-bond acceptors (Lipinski definition) is 5. The normalized spacial score (nSPS) is 14.3. The Morgan fingerprint density at radius 2 is 2.29 bits per heavy atom. The highest BCUT2D eigenvalue weighted by atomic mass is 32.1. The topological polar surface area (TPSA) is 84.6 Å². The standard InChI is InChI=1S/C8H16N2O3S/c1-3-6(8(12)13-2)10-7(14)5(9)4-11/h5-6,11H,3-4,9H2,1-2H3,(H,10,14)/t5-,6+/m0/s1.